The van der Waals surface area contributed by atoms with E-state index in [1.165, 1.54) is 83.5 Å². The third kappa shape index (κ3) is 33.3. The van der Waals surface area contributed by atoms with Gasteiger partial charge in [-0.05, 0) is 6.42 Å². The van der Waals surface area contributed by atoms with Crippen molar-refractivity contribution in [2.45, 2.75) is 96.8 Å². The molecule has 0 aliphatic heterocycles. The quantitative estimate of drug-likeness (QED) is 0.0834. The Labute approximate surface area is 217 Å². The average Bonchev–Trinajstić information content (AvgIpc) is 2.87. The van der Waals surface area contributed by atoms with Crippen LogP contribution >= 0.6 is 0 Å². The molecule has 0 saturated heterocycles. The summed E-state index contributed by atoms with van der Waals surface area (Å²) in [6, 6.07) is 0. The predicted octanol–water partition coefficient (Wildman–Crippen LogP) is 6.20. The lowest BCUT2D eigenvalue weighted by Crippen LogP contribution is -2.14. The molecule has 0 aliphatic rings. The van der Waals surface area contributed by atoms with E-state index in [2.05, 4.69) is 12.8 Å². The van der Waals surface area contributed by atoms with Crippen molar-refractivity contribution in [1.29, 1.82) is 0 Å². The third-order valence-corrected chi connectivity index (χ3v) is 5.69. The third-order valence-electron chi connectivity index (χ3n) is 5.69. The summed E-state index contributed by atoms with van der Waals surface area (Å²) in [5.41, 5.74) is 0. The van der Waals surface area contributed by atoms with Crippen LogP contribution < -0.4 is 0 Å². The second-order valence-electron chi connectivity index (χ2n) is 8.91. The van der Waals surface area contributed by atoms with E-state index < -0.39 is 0 Å². The Balaban J connectivity index is 3.00. The number of rotatable bonds is 31. The minimum Gasteiger partial charge on any atom is -0.379 e. The average molecular weight is 501 g/mol. The van der Waals surface area contributed by atoms with E-state index in [1.807, 2.05) is 0 Å². The SMILES string of the molecule is C#CCOCCOCCOCCOCCOCCOCCCCCCCCCCCCCCCC. The topological polar surface area (TPSA) is 55.4 Å². The molecule has 0 heterocycles. The first-order chi connectivity index (χ1) is 17.4. The molecule has 0 amide bonds. The van der Waals surface area contributed by atoms with Crippen molar-refractivity contribution in [2.24, 2.45) is 0 Å². The van der Waals surface area contributed by atoms with Crippen molar-refractivity contribution in [3.63, 3.8) is 0 Å². The smallest absolute Gasteiger partial charge is 0.107 e. The molecule has 0 aromatic carbocycles. The zero-order valence-electron chi connectivity index (χ0n) is 22.9. The number of hydrogen-bond donors (Lipinski definition) is 0. The molecule has 0 aliphatic carbocycles. The first-order valence-corrected chi connectivity index (χ1v) is 14.3. The van der Waals surface area contributed by atoms with Gasteiger partial charge in [0, 0.05) is 6.61 Å². The van der Waals surface area contributed by atoms with Gasteiger partial charge in [0.2, 0.25) is 0 Å². The van der Waals surface area contributed by atoms with E-state index in [0.717, 1.165) is 13.0 Å². The zero-order valence-corrected chi connectivity index (χ0v) is 22.9. The molecule has 6 heteroatoms. The highest BCUT2D eigenvalue weighted by Crippen LogP contribution is 2.12. The summed E-state index contributed by atoms with van der Waals surface area (Å²) < 4.78 is 32.5. The molecule has 0 saturated carbocycles. The summed E-state index contributed by atoms with van der Waals surface area (Å²) >= 11 is 0. The number of terminal acetylenes is 1. The lowest BCUT2D eigenvalue weighted by Gasteiger charge is -2.08. The minimum atomic E-state index is 0.327. The molecular weight excluding hydrogens is 444 g/mol. The van der Waals surface area contributed by atoms with Gasteiger partial charge in [-0.1, -0.05) is 96.3 Å². The molecule has 0 atom stereocenters. The molecule has 35 heavy (non-hydrogen) atoms. The van der Waals surface area contributed by atoms with Crippen LogP contribution in [0.1, 0.15) is 96.8 Å². The maximum atomic E-state index is 5.65. The summed E-state index contributed by atoms with van der Waals surface area (Å²) in [5.74, 6) is 2.41. The van der Waals surface area contributed by atoms with E-state index in [-0.39, 0.29) is 0 Å². The van der Waals surface area contributed by atoms with Crippen LogP contribution in [-0.4, -0.2) is 79.3 Å². The van der Waals surface area contributed by atoms with Crippen molar-refractivity contribution in [3.8, 4) is 12.3 Å². The van der Waals surface area contributed by atoms with Crippen molar-refractivity contribution >= 4 is 0 Å². The molecule has 0 bridgehead atoms. The van der Waals surface area contributed by atoms with E-state index >= 15 is 0 Å². The highest BCUT2D eigenvalue weighted by Gasteiger charge is 1.96. The van der Waals surface area contributed by atoms with Crippen molar-refractivity contribution < 1.29 is 28.4 Å². The second-order valence-corrected chi connectivity index (χ2v) is 8.91. The van der Waals surface area contributed by atoms with Gasteiger partial charge in [0.15, 0.2) is 0 Å². The fraction of sp³-hybridized carbons (Fsp3) is 0.931. The van der Waals surface area contributed by atoms with Gasteiger partial charge in [0.05, 0.1) is 66.1 Å². The van der Waals surface area contributed by atoms with E-state index in [1.54, 1.807) is 0 Å². The van der Waals surface area contributed by atoms with Crippen molar-refractivity contribution in [3.05, 3.63) is 0 Å². The lowest BCUT2D eigenvalue weighted by molar-refractivity contribution is -0.0156. The fourth-order valence-corrected chi connectivity index (χ4v) is 3.63. The molecule has 0 unspecified atom stereocenters. The molecular formula is C29H56O6. The van der Waals surface area contributed by atoms with Gasteiger partial charge in [0.25, 0.3) is 0 Å². The maximum absolute atomic E-state index is 5.65. The molecule has 0 aromatic rings. The standard InChI is InChI=1S/C29H56O6/c1-3-5-6-7-8-9-10-11-12-13-14-15-16-17-19-31-21-23-33-25-27-35-29-28-34-26-24-32-22-20-30-18-4-2/h2H,3,5-29H2,1H3. The van der Waals surface area contributed by atoms with Gasteiger partial charge in [-0.15, -0.1) is 6.42 Å². The van der Waals surface area contributed by atoms with Crippen molar-refractivity contribution in [1.82, 2.24) is 0 Å². The summed E-state index contributed by atoms with van der Waals surface area (Å²) in [6.45, 7) is 9.15. The molecule has 208 valence electrons. The van der Waals surface area contributed by atoms with Crippen LogP contribution in [0.15, 0.2) is 0 Å². The molecule has 0 radical (unpaired) electrons. The summed E-state index contributed by atoms with van der Waals surface area (Å²) in [5, 5.41) is 0. The Morgan fingerprint density at radius 1 is 0.371 bits per heavy atom. The van der Waals surface area contributed by atoms with E-state index in [0.29, 0.717) is 72.7 Å². The van der Waals surface area contributed by atoms with E-state index in [4.69, 9.17) is 34.8 Å². The van der Waals surface area contributed by atoms with Crippen molar-refractivity contribution in [2.75, 3.05) is 79.3 Å². The summed E-state index contributed by atoms with van der Waals surface area (Å²) in [7, 11) is 0. The highest BCUT2D eigenvalue weighted by molar-refractivity contribution is 4.82. The number of unbranched alkanes of at least 4 members (excludes halogenated alkanes) is 13. The molecule has 0 fully saturated rings. The van der Waals surface area contributed by atoms with Crippen LogP contribution in [0.5, 0.6) is 0 Å². The van der Waals surface area contributed by atoms with Gasteiger partial charge < -0.3 is 28.4 Å². The molecule has 0 N–H and O–H groups in total. The van der Waals surface area contributed by atoms with Crippen LogP contribution in [0.4, 0.5) is 0 Å². The minimum absolute atomic E-state index is 0.327. The van der Waals surface area contributed by atoms with E-state index in [9.17, 15) is 0 Å². The number of ether oxygens (including phenoxy) is 6. The van der Waals surface area contributed by atoms with Gasteiger partial charge in [-0.25, -0.2) is 0 Å². The van der Waals surface area contributed by atoms with Crippen LogP contribution in [0.3, 0.4) is 0 Å². The largest absolute Gasteiger partial charge is 0.379 e. The Hall–Kier alpha value is -0.680. The van der Waals surface area contributed by atoms with Crippen LogP contribution in [0, 0.1) is 12.3 Å². The number of hydrogen-bond acceptors (Lipinski definition) is 6. The molecule has 0 aromatic heterocycles. The van der Waals surface area contributed by atoms with Gasteiger partial charge in [-0.2, -0.15) is 0 Å². The lowest BCUT2D eigenvalue weighted by atomic mass is 10.0. The fourth-order valence-electron chi connectivity index (χ4n) is 3.63. The summed E-state index contributed by atoms with van der Waals surface area (Å²) in [4.78, 5) is 0. The monoisotopic (exact) mass is 500 g/mol. The van der Waals surface area contributed by atoms with Gasteiger partial charge in [-0.3, -0.25) is 0 Å². The Bertz CT molecular complexity index is 412. The molecule has 0 rings (SSSR count). The van der Waals surface area contributed by atoms with Gasteiger partial charge in [0.1, 0.15) is 6.61 Å². The van der Waals surface area contributed by atoms with Gasteiger partial charge >= 0.3 is 0 Å². The predicted molar refractivity (Wildman–Crippen MR) is 144 cm³/mol. The summed E-state index contributed by atoms with van der Waals surface area (Å²) in [6.07, 6.45) is 24.4. The molecule has 6 nitrogen and oxygen atoms in total. The Morgan fingerprint density at radius 3 is 1.00 bits per heavy atom. The molecule has 0 spiro atoms. The zero-order chi connectivity index (χ0) is 25.3. The first kappa shape index (κ1) is 34.3. The van der Waals surface area contributed by atoms with Crippen LogP contribution in [-0.2, 0) is 28.4 Å². The highest BCUT2D eigenvalue weighted by atomic mass is 16.6. The second kappa shape index (κ2) is 33.3. The Kier molecular flexibility index (Phi) is 32.7. The Morgan fingerprint density at radius 2 is 0.657 bits per heavy atom. The van der Waals surface area contributed by atoms with Crippen LogP contribution in [0.2, 0.25) is 0 Å². The normalized spacial score (nSPS) is 11.2. The first-order valence-electron chi connectivity index (χ1n) is 14.3. The van der Waals surface area contributed by atoms with Crippen LogP contribution in [0.25, 0.3) is 0 Å². The maximum Gasteiger partial charge on any atom is 0.107 e.